The van der Waals surface area contributed by atoms with Crippen LogP contribution in [0.1, 0.15) is 44.4 Å². The van der Waals surface area contributed by atoms with Gasteiger partial charge in [-0.3, -0.25) is 10.1 Å². The average Bonchev–Trinajstić information content (AvgIpc) is 2.45. The Labute approximate surface area is 136 Å². The first-order valence-electron chi connectivity index (χ1n) is 7.67. The fourth-order valence-corrected chi connectivity index (χ4v) is 2.35. The van der Waals surface area contributed by atoms with Crippen molar-refractivity contribution < 1.29 is 14.8 Å². The molecule has 0 radical (unpaired) electrons. The van der Waals surface area contributed by atoms with Gasteiger partial charge < -0.3 is 15.7 Å². The summed E-state index contributed by atoms with van der Waals surface area (Å²) in [4.78, 5) is 22.5. The number of nitrogens with one attached hydrogen (secondary N) is 2. The number of nitrogens with zero attached hydrogens (tertiary/aromatic N) is 1. The maximum atomic E-state index is 12.0. The van der Waals surface area contributed by atoms with E-state index in [1.54, 1.807) is 26.0 Å². The second kappa shape index (κ2) is 8.47. The number of urea groups is 1. The molecule has 2 unspecified atom stereocenters. The first-order valence-corrected chi connectivity index (χ1v) is 7.67. The summed E-state index contributed by atoms with van der Waals surface area (Å²) < 4.78 is 0. The van der Waals surface area contributed by atoms with Crippen molar-refractivity contribution in [1.82, 2.24) is 10.6 Å². The molecule has 0 aliphatic rings. The number of amides is 2. The van der Waals surface area contributed by atoms with Crippen LogP contribution in [0.25, 0.3) is 0 Å². The predicted molar refractivity (Wildman–Crippen MR) is 88.2 cm³/mol. The van der Waals surface area contributed by atoms with E-state index in [2.05, 4.69) is 10.6 Å². The van der Waals surface area contributed by atoms with Crippen LogP contribution in [0.2, 0.25) is 0 Å². The minimum absolute atomic E-state index is 0.0320. The van der Waals surface area contributed by atoms with Crippen LogP contribution in [0.4, 0.5) is 10.5 Å². The third-order valence-corrected chi connectivity index (χ3v) is 3.59. The molecule has 1 rings (SSSR count). The van der Waals surface area contributed by atoms with Gasteiger partial charge in [0.15, 0.2) is 0 Å². The van der Waals surface area contributed by atoms with Crippen LogP contribution >= 0.6 is 0 Å². The highest BCUT2D eigenvalue weighted by molar-refractivity contribution is 5.74. The van der Waals surface area contributed by atoms with E-state index >= 15 is 0 Å². The third-order valence-electron chi connectivity index (χ3n) is 3.59. The minimum atomic E-state index is -0.434. The standard InChI is InChI=1S/C16H25N3O4/c1-10(2)7-14(9-20)18-16(21)17-12(4)13-6-5-11(3)15(8-13)19(22)23/h5-6,8,10,12,14,20H,7,9H2,1-4H3,(H2,17,18,21). The molecule has 0 fully saturated rings. The van der Waals surface area contributed by atoms with Crippen LogP contribution in [0, 0.1) is 23.0 Å². The summed E-state index contributed by atoms with van der Waals surface area (Å²) in [5, 5.41) is 25.7. The van der Waals surface area contributed by atoms with Crippen LogP contribution in [0.15, 0.2) is 18.2 Å². The number of aliphatic hydroxyl groups excluding tert-OH is 1. The molecule has 7 heteroatoms. The Hall–Kier alpha value is -2.15. The van der Waals surface area contributed by atoms with Gasteiger partial charge in [0.1, 0.15) is 0 Å². The molecule has 0 aliphatic heterocycles. The largest absolute Gasteiger partial charge is 0.394 e. The first-order chi connectivity index (χ1) is 10.7. The number of hydrogen-bond donors (Lipinski definition) is 3. The highest BCUT2D eigenvalue weighted by Gasteiger charge is 2.18. The molecule has 0 spiro atoms. The fraction of sp³-hybridized carbons (Fsp3) is 0.562. The SMILES string of the molecule is Cc1ccc(C(C)NC(=O)NC(CO)CC(C)C)cc1[N+](=O)[O-]. The zero-order valence-corrected chi connectivity index (χ0v) is 14.0. The molecule has 0 heterocycles. The molecule has 0 bridgehead atoms. The van der Waals surface area contributed by atoms with Gasteiger partial charge in [-0.05, 0) is 31.7 Å². The Morgan fingerprint density at radius 1 is 1.30 bits per heavy atom. The molecule has 0 aromatic heterocycles. The van der Waals surface area contributed by atoms with E-state index in [0.717, 1.165) is 0 Å². The van der Waals surface area contributed by atoms with Gasteiger partial charge in [0.05, 0.1) is 23.6 Å². The summed E-state index contributed by atoms with van der Waals surface area (Å²) in [5.74, 6) is 0.352. The van der Waals surface area contributed by atoms with Crippen molar-refractivity contribution in [3.63, 3.8) is 0 Å². The maximum absolute atomic E-state index is 12.0. The second-order valence-corrected chi connectivity index (χ2v) is 6.15. The Morgan fingerprint density at radius 2 is 1.96 bits per heavy atom. The molecule has 0 aliphatic carbocycles. The molecule has 2 atom stereocenters. The van der Waals surface area contributed by atoms with Crippen LogP contribution in [-0.2, 0) is 0 Å². The molecule has 2 amide bonds. The number of benzene rings is 1. The molecule has 7 nitrogen and oxygen atoms in total. The number of nitro groups is 1. The third kappa shape index (κ3) is 5.86. The van der Waals surface area contributed by atoms with Gasteiger partial charge in [0, 0.05) is 11.6 Å². The number of hydrogen-bond acceptors (Lipinski definition) is 4. The lowest BCUT2D eigenvalue weighted by Gasteiger charge is -2.21. The Kier molecular flexibility index (Phi) is 6.96. The van der Waals surface area contributed by atoms with Crippen LogP contribution in [0.5, 0.6) is 0 Å². The Morgan fingerprint density at radius 3 is 2.48 bits per heavy atom. The van der Waals surface area contributed by atoms with Crippen LogP contribution < -0.4 is 10.6 Å². The number of carbonyl (C=O) groups excluding carboxylic acids is 1. The topological polar surface area (TPSA) is 104 Å². The van der Waals surface area contributed by atoms with Crippen LogP contribution in [-0.4, -0.2) is 28.7 Å². The molecule has 0 saturated heterocycles. The van der Waals surface area contributed by atoms with Gasteiger partial charge in [0.25, 0.3) is 5.69 Å². The van der Waals surface area contributed by atoms with E-state index in [-0.39, 0.29) is 24.4 Å². The molecule has 1 aromatic rings. The van der Waals surface area contributed by atoms with Gasteiger partial charge in [-0.15, -0.1) is 0 Å². The molecule has 1 aromatic carbocycles. The molecule has 128 valence electrons. The van der Waals surface area contributed by atoms with Crippen molar-refractivity contribution >= 4 is 11.7 Å². The van der Waals surface area contributed by atoms with E-state index in [1.807, 2.05) is 13.8 Å². The summed E-state index contributed by atoms with van der Waals surface area (Å²) in [6, 6.07) is 3.80. The lowest BCUT2D eigenvalue weighted by Crippen LogP contribution is -2.45. The van der Waals surface area contributed by atoms with Gasteiger partial charge in [0.2, 0.25) is 0 Å². The monoisotopic (exact) mass is 323 g/mol. The van der Waals surface area contributed by atoms with Crippen LogP contribution in [0.3, 0.4) is 0 Å². The lowest BCUT2D eigenvalue weighted by molar-refractivity contribution is -0.385. The van der Waals surface area contributed by atoms with E-state index in [4.69, 9.17) is 0 Å². The Balaban J connectivity index is 2.71. The average molecular weight is 323 g/mol. The Bertz CT molecular complexity index is 560. The van der Waals surface area contributed by atoms with E-state index in [0.29, 0.717) is 23.5 Å². The molecule has 3 N–H and O–H groups in total. The van der Waals surface area contributed by atoms with Gasteiger partial charge in [-0.25, -0.2) is 4.79 Å². The van der Waals surface area contributed by atoms with Crippen molar-refractivity contribution in [2.75, 3.05) is 6.61 Å². The molecular weight excluding hydrogens is 298 g/mol. The highest BCUT2D eigenvalue weighted by atomic mass is 16.6. The van der Waals surface area contributed by atoms with E-state index < -0.39 is 11.0 Å². The summed E-state index contributed by atoms with van der Waals surface area (Å²) in [5.41, 5.74) is 1.26. The summed E-state index contributed by atoms with van der Waals surface area (Å²) in [7, 11) is 0. The highest BCUT2D eigenvalue weighted by Crippen LogP contribution is 2.23. The number of aliphatic hydroxyl groups is 1. The number of nitro benzene ring substituents is 1. The van der Waals surface area contributed by atoms with Crippen molar-refractivity contribution in [2.45, 2.75) is 46.2 Å². The molecule has 0 saturated carbocycles. The maximum Gasteiger partial charge on any atom is 0.315 e. The molecular formula is C16H25N3O4. The van der Waals surface area contributed by atoms with Gasteiger partial charge in [-0.2, -0.15) is 0 Å². The lowest BCUT2D eigenvalue weighted by atomic mass is 10.0. The van der Waals surface area contributed by atoms with Crippen molar-refractivity contribution in [1.29, 1.82) is 0 Å². The summed E-state index contributed by atoms with van der Waals surface area (Å²) >= 11 is 0. The van der Waals surface area contributed by atoms with Crippen molar-refractivity contribution in [3.8, 4) is 0 Å². The first kappa shape index (κ1) is 18.9. The zero-order valence-electron chi connectivity index (χ0n) is 14.0. The quantitative estimate of drug-likeness (QED) is 0.530. The normalized spacial score (nSPS) is 13.5. The fourth-order valence-electron chi connectivity index (χ4n) is 2.35. The predicted octanol–water partition coefficient (Wildman–Crippen LogP) is 2.67. The second-order valence-electron chi connectivity index (χ2n) is 6.15. The summed E-state index contributed by atoms with van der Waals surface area (Å²) in [6.07, 6.45) is 0.675. The number of aryl methyl sites for hydroxylation is 1. The minimum Gasteiger partial charge on any atom is -0.394 e. The number of rotatable bonds is 7. The smallest absolute Gasteiger partial charge is 0.315 e. The molecule has 23 heavy (non-hydrogen) atoms. The summed E-state index contributed by atoms with van der Waals surface area (Å²) in [6.45, 7) is 7.32. The van der Waals surface area contributed by atoms with E-state index in [1.165, 1.54) is 6.07 Å². The van der Waals surface area contributed by atoms with E-state index in [9.17, 15) is 20.0 Å². The van der Waals surface area contributed by atoms with Crippen molar-refractivity contribution in [2.24, 2.45) is 5.92 Å². The van der Waals surface area contributed by atoms with Gasteiger partial charge in [-0.1, -0.05) is 26.0 Å². The number of carbonyl (C=O) groups is 1. The van der Waals surface area contributed by atoms with Gasteiger partial charge >= 0.3 is 6.03 Å². The zero-order chi connectivity index (χ0) is 17.6. The van der Waals surface area contributed by atoms with Crippen molar-refractivity contribution in [3.05, 3.63) is 39.4 Å².